The number of hydrogen-bond acceptors (Lipinski definition) is 1. The minimum atomic E-state index is 1.14. The lowest BCUT2D eigenvalue weighted by Gasteiger charge is -2.13. The Morgan fingerprint density at radius 1 is 0.308 bits per heavy atom. The van der Waals surface area contributed by atoms with Crippen LogP contribution in [0.3, 0.4) is 0 Å². The van der Waals surface area contributed by atoms with E-state index in [4.69, 9.17) is 0 Å². The molecule has 0 saturated carbocycles. The quantitative estimate of drug-likeness (QED) is 0.177. The number of aromatic nitrogens is 3. The summed E-state index contributed by atoms with van der Waals surface area (Å²) in [5.41, 5.74) is 10.7. The first-order valence-electron chi connectivity index (χ1n) is 17.8. The Morgan fingerprint density at radius 3 is 1.54 bits per heavy atom. The number of thiophene rings is 1. The van der Waals surface area contributed by atoms with Crippen molar-refractivity contribution in [1.29, 1.82) is 0 Å². The Bertz CT molecular complexity index is 3410. The Kier molecular flexibility index (Phi) is 5.65. The molecule has 0 fully saturated rings. The molecule has 0 saturated heterocycles. The zero-order valence-corrected chi connectivity index (χ0v) is 28.8. The summed E-state index contributed by atoms with van der Waals surface area (Å²) in [6.45, 7) is 0. The van der Waals surface area contributed by atoms with E-state index < -0.39 is 0 Å². The molecule has 52 heavy (non-hydrogen) atoms. The third kappa shape index (κ3) is 3.69. The van der Waals surface area contributed by atoms with Crippen molar-refractivity contribution in [3.05, 3.63) is 176 Å². The second-order valence-corrected chi connectivity index (χ2v) is 14.8. The van der Waals surface area contributed by atoms with Gasteiger partial charge in [0, 0.05) is 69.6 Å². The SMILES string of the molecule is c1ccc(-n2c3ccccc3c3ccc4c(c5ccccc5n4-c4cccc(-n5c6ccccc6c6c7sc8ccccc8c7ccc65)c4)c32)cc1. The van der Waals surface area contributed by atoms with Crippen molar-refractivity contribution >= 4 is 96.9 Å². The monoisotopic (exact) mass is 679 g/mol. The highest BCUT2D eigenvalue weighted by Crippen LogP contribution is 2.45. The average Bonchev–Trinajstić information content (AvgIpc) is 3.94. The molecule has 8 aromatic carbocycles. The molecule has 0 aliphatic heterocycles. The van der Waals surface area contributed by atoms with Crippen LogP contribution in [0.4, 0.5) is 0 Å². The molecule has 0 N–H and O–H groups in total. The average molecular weight is 680 g/mol. The lowest BCUT2D eigenvalue weighted by molar-refractivity contribution is 1.13. The molecule has 0 spiro atoms. The van der Waals surface area contributed by atoms with Crippen LogP contribution in [0.1, 0.15) is 0 Å². The molecule has 3 nitrogen and oxygen atoms in total. The van der Waals surface area contributed by atoms with Crippen LogP contribution < -0.4 is 0 Å². The predicted octanol–water partition coefficient (Wildman–Crippen LogP) is 13.3. The number of para-hydroxylation sites is 4. The van der Waals surface area contributed by atoms with Gasteiger partial charge in [0.25, 0.3) is 0 Å². The number of nitrogens with zero attached hydrogens (tertiary/aromatic N) is 3. The van der Waals surface area contributed by atoms with Crippen LogP contribution in [0.15, 0.2) is 176 Å². The third-order valence-electron chi connectivity index (χ3n) is 11.0. The van der Waals surface area contributed by atoms with Gasteiger partial charge in [-0.2, -0.15) is 0 Å². The molecule has 0 amide bonds. The van der Waals surface area contributed by atoms with E-state index in [-0.39, 0.29) is 0 Å². The number of rotatable bonds is 3. The van der Waals surface area contributed by atoms with Gasteiger partial charge in [0.05, 0.1) is 33.1 Å². The van der Waals surface area contributed by atoms with E-state index >= 15 is 0 Å². The van der Waals surface area contributed by atoms with Crippen LogP contribution in [-0.2, 0) is 0 Å². The number of benzene rings is 8. The molecular weight excluding hydrogens is 651 g/mol. The Balaban J connectivity index is 1.16. The Hall–Kier alpha value is -6.62. The molecule has 242 valence electrons. The smallest absolute Gasteiger partial charge is 0.0641 e. The van der Waals surface area contributed by atoms with Crippen LogP contribution >= 0.6 is 11.3 Å². The summed E-state index contributed by atoms with van der Waals surface area (Å²) >= 11 is 1.90. The molecule has 4 heteroatoms. The summed E-state index contributed by atoms with van der Waals surface area (Å²) in [6, 6.07) is 64.5. The number of fused-ring (bicyclic) bond motifs is 14. The maximum Gasteiger partial charge on any atom is 0.0641 e. The normalized spacial score (nSPS) is 12.2. The molecule has 12 aromatic rings. The van der Waals surface area contributed by atoms with Crippen molar-refractivity contribution < 1.29 is 0 Å². The second-order valence-electron chi connectivity index (χ2n) is 13.7. The van der Waals surface area contributed by atoms with Gasteiger partial charge in [-0.15, -0.1) is 11.3 Å². The standard InChI is InChI=1S/C48H29N3S/c1-2-13-30(14-3-1)51-39-21-8-4-17-33(39)35-25-27-42-45(47(35)51)37-19-5-9-22-40(37)49(42)31-15-12-16-32(29-31)50-41-23-10-6-20-38(41)46-43(50)28-26-36-34-18-7-11-24-44(34)52-48(36)46/h1-29H. The summed E-state index contributed by atoms with van der Waals surface area (Å²) in [4.78, 5) is 0. The van der Waals surface area contributed by atoms with E-state index in [0.29, 0.717) is 0 Å². The zero-order chi connectivity index (χ0) is 33.9. The highest BCUT2D eigenvalue weighted by molar-refractivity contribution is 7.26. The van der Waals surface area contributed by atoms with Crippen molar-refractivity contribution in [3.63, 3.8) is 0 Å². The zero-order valence-electron chi connectivity index (χ0n) is 28.0. The first kappa shape index (κ1) is 28.1. The van der Waals surface area contributed by atoms with Gasteiger partial charge < -0.3 is 13.7 Å². The molecule has 0 unspecified atom stereocenters. The van der Waals surface area contributed by atoms with Crippen LogP contribution in [0.25, 0.3) is 103 Å². The molecule has 0 atom stereocenters. The fourth-order valence-electron chi connectivity index (χ4n) is 8.92. The summed E-state index contributed by atoms with van der Waals surface area (Å²) in [5.74, 6) is 0. The van der Waals surface area contributed by atoms with E-state index in [1.807, 2.05) is 11.3 Å². The lowest BCUT2D eigenvalue weighted by atomic mass is 10.1. The van der Waals surface area contributed by atoms with E-state index in [1.54, 1.807) is 0 Å². The van der Waals surface area contributed by atoms with Crippen molar-refractivity contribution in [2.45, 2.75) is 0 Å². The maximum atomic E-state index is 2.46. The van der Waals surface area contributed by atoms with Crippen molar-refractivity contribution in [2.75, 3.05) is 0 Å². The highest BCUT2D eigenvalue weighted by atomic mass is 32.1. The summed E-state index contributed by atoms with van der Waals surface area (Å²) in [5, 5.41) is 10.3. The van der Waals surface area contributed by atoms with Crippen LogP contribution in [0, 0.1) is 0 Å². The minimum absolute atomic E-state index is 1.14. The van der Waals surface area contributed by atoms with Gasteiger partial charge in [-0.25, -0.2) is 0 Å². The van der Waals surface area contributed by atoms with Crippen LogP contribution in [0.5, 0.6) is 0 Å². The van der Waals surface area contributed by atoms with E-state index in [2.05, 4.69) is 190 Å². The largest absolute Gasteiger partial charge is 0.309 e. The van der Waals surface area contributed by atoms with E-state index in [0.717, 1.165) is 11.4 Å². The Morgan fingerprint density at radius 2 is 0.827 bits per heavy atom. The molecule has 12 rings (SSSR count). The van der Waals surface area contributed by atoms with Gasteiger partial charge in [-0.1, -0.05) is 109 Å². The molecule has 4 heterocycles. The van der Waals surface area contributed by atoms with Crippen molar-refractivity contribution in [3.8, 4) is 17.1 Å². The van der Waals surface area contributed by atoms with E-state index in [9.17, 15) is 0 Å². The van der Waals surface area contributed by atoms with Gasteiger partial charge >= 0.3 is 0 Å². The van der Waals surface area contributed by atoms with Gasteiger partial charge in [0.2, 0.25) is 0 Å². The molecular formula is C48H29N3S. The highest BCUT2D eigenvalue weighted by Gasteiger charge is 2.22. The molecule has 0 aliphatic rings. The van der Waals surface area contributed by atoms with Crippen LogP contribution in [-0.4, -0.2) is 13.7 Å². The molecule has 0 radical (unpaired) electrons. The van der Waals surface area contributed by atoms with Crippen molar-refractivity contribution in [2.24, 2.45) is 0 Å². The summed E-state index contributed by atoms with van der Waals surface area (Å²) in [6.07, 6.45) is 0. The fraction of sp³-hybridized carbons (Fsp3) is 0. The van der Waals surface area contributed by atoms with Gasteiger partial charge in [0.15, 0.2) is 0 Å². The van der Waals surface area contributed by atoms with Crippen molar-refractivity contribution in [1.82, 2.24) is 13.7 Å². The first-order chi connectivity index (χ1) is 25.8. The van der Waals surface area contributed by atoms with E-state index in [1.165, 1.54) is 91.3 Å². The Labute approximate surface area is 302 Å². The first-order valence-corrected chi connectivity index (χ1v) is 18.6. The summed E-state index contributed by atoms with van der Waals surface area (Å²) < 4.78 is 10.0. The van der Waals surface area contributed by atoms with Gasteiger partial charge in [-0.05, 0) is 66.7 Å². The molecule has 0 aliphatic carbocycles. The summed E-state index contributed by atoms with van der Waals surface area (Å²) in [7, 11) is 0. The molecule has 0 bridgehead atoms. The second kappa shape index (κ2) is 10.5. The maximum absolute atomic E-state index is 2.46. The topological polar surface area (TPSA) is 14.8 Å². The number of hydrogen-bond donors (Lipinski definition) is 0. The predicted molar refractivity (Wildman–Crippen MR) is 222 cm³/mol. The lowest BCUT2D eigenvalue weighted by Crippen LogP contribution is -1.98. The minimum Gasteiger partial charge on any atom is -0.309 e. The van der Waals surface area contributed by atoms with Crippen LogP contribution in [0.2, 0.25) is 0 Å². The van der Waals surface area contributed by atoms with Gasteiger partial charge in [0.1, 0.15) is 0 Å². The van der Waals surface area contributed by atoms with Gasteiger partial charge in [-0.3, -0.25) is 0 Å². The molecule has 4 aromatic heterocycles. The third-order valence-corrected chi connectivity index (χ3v) is 12.2. The fourth-order valence-corrected chi connectivity index (χ4v) is 10.2.